The van der Waals surface area contributed by atoms with Gasteiger partial charge < -0.3 is 19.2 Å². The van der Waals surface area contributed by atoms with Crippen LogP contribution in [0.4, 0.5) is 0 Å². The minimum atomic E-state index is -0.182. The van der Waals surface area contributed by atoms with Crippen LogP contribution in [0, 0.1) is 20.8 Å². The van der Waals surface area contributed by atoms with E-state index in [-0.39, 0.29) is 11.8 Å². The Balaban J connectivity index is 1.68. The predicted molar refractivity (Wildman–Crippen MR) is 119 cm³/mol. The van der Waals surface area contributed by atoms with Gasteiger partial charge in [0.1, 0.15) is 11.5 Å². The van der Waals surface area contributed by atoms with Crippen molar-refractivity contribution in [2.45, 2.75) is 27.3 Å². The van der Waals surface area contributed by atoms with Crippen LogP contribution in [-0.4, -0.2) is 41.0 Å². The first-order valence-corrected chi connectivity index (χ1v) is 10.2. The zero-order valence-electron chi connectivity index (χ0n) is 18.6. The Morgan fingerprint density at radius 1 is 1.09 bits per heavy atom. The summed E-state index contributed by atoms with van der Waals surface area (Å²) in [5.41, 5.74) is 4.25. The molecular weight excluding hydrogens is 408 g/mol. The van der Waals surface area contributed by atoms with Crippen molar-refractivity contribution in [1.82, 2.24) is 20.4 Å². The Kier molecular flexibility index (Phi) is 5.52. The predicted octanol–water partition coefficient (Wildman–Crippen LogP) is 4.04. The zero-order chi connectivity index (χ0) is 23.0. The Morgan fingerprint density at radius 3 is 2.44 bits per heavy atom. The van der Waals surface area contributed by atoms with E-state index in [9.17, 15) is 9.59 Å². The number of nitrogens with zero attached hydrogens (tertiary/aromatic N) is 3. The third-order valence-electron chi connectivity index (χ3n) is 5.37. The maximum absolute atomic E-state index is 13.4. The number of rotatable bonds is 5. The molecule has 8 nitrogen and oxygen atoms in total. The topological polar surface area (TPSA) is 101 Å². The molecule has 0 bridgehead atoms. The average Bonchev–Trinajstić information content (AvgIpc) is 3.33. The average molecular weight is 432 g/mol. The highest BCUT2D eigenvalue weighted by atomic mass is 16.5. The molecule has 0 fully saturated rings. The molecule has 4 aromatic rings. The molecule has 4 rings (SSSR count). The normalized spacial score (nSPS) is 11.0. The number of hydrogen-bond acceptors (Lipinski definition) is 6. The second kappa shape index (κ2) is 8.30. The van der Waals surface area contributed by atoms with Crippen LogP contribution in [0.25, 0.3) is 22.4 Å². The fourth-order valence-corrected chi connectivity index (χ4v) is 3.74. The molecule has 0 spiro atoms. The molecule has 3 aromatic heterocycles. The third-order valence-corrected chi connectivity index (χ3v) is 5.37. The number of furan rings is 1. The van der Waals surface area contributed by atoms with Gasteiger partial charge in [-0.1, -0.05) is 17.3 Å². The lowest BCUT2D eigenvalue weighted by Crippen LogP contribution is -2.26. The van der Waals surface area contributed by atoms with E-state index in [0.717, 1.165) is 16.9 Å². The van der Waals surface area contributed by atoms with Crippen LogP contribution in [0.1, 0.15) is 43.5 Å². The molecule has 3 heterocycles. The Bertz CT molecular complexity index is 1320. The van der Waals surface area contributed by atoms with Gasteiger partial charge in [-0.3, -0.25) is 9.59 Å². The van der Waals surface area contributed by atoms with E-state index in [4.69, 9.17) is 8.94 Å². The molecule has 0 unspecified atom stereocenters. The molecule has 1 aromatic carbocycles. The van der Waals surface area contributed by atoms with E-state index >= 15 is 0 Å². The molecule has 0 saturated carbocycles. The summed E-state index contributed by atoms with van der Waals surface area (Å²) in [6.07, 6.45) is 0. The number of hydrogen-bond donors (Lipinski definition) is 1. The summed E-state index contributed by atoms with van der Waals surface area (Å²) in [6.45, 7) is 5.88. The van der Waals surface area contributed by atoms with Crippen molar-refractivity contribution in [1.29, 1.82) is 0 Å². The maximum Gasteiger partial charge on any atom is 0.259 e. The van der Waals surface area contributed by atoms with Crippen LogP contribution in [0.3, 0.4) is 0 Å². The van der Waals surface area contributed by atoms with Gasteiger partial charge >= 0.3 is 0 Å². The lowest BCUT2D eigenvalue weighted by Gasteiger charge is -2.18. The highest BCUT2D eigenvalue weighted by Gasteiger charge is 2.23. The largest absolute Gasteiger partial charge is 0.466 e. The molecule has 0 radical (unpaired) electrons. The summed E-state index contributed by atoms with van der Waals surface area (Å²) < 4.78 is 11.0. The molecule has 1 N–H and O–H groups in total. The molecule has 0 aliphatic carbocycles. The molecule has 8 heteroatoms. The summed E-state index contributed by atoms with van der Waals surface area (Å²) in [5.74, 6) is 1.14. The highest BCUT2D eigenvalue weighted by Crippen LogP contribution is 2.31. The van der Waals surface area contributed by atoms with Gasteiger partial charge in [0.25, 0.3) is 17.5 Å². The van der Waals surface area contributed by atoms with Gasteiger partial charge in [-0.15, -0.1) is 0 Å². The van der Waals surface area contributed by atoms with Crippen LogP contribution in [0.5, 0.6) is 0 Å². The second-order valence-electron chi connectivity index (χ2n) is 7.77. The molecule has 0 aliphatic heterocycles. The SMILES string of the molecule is CNC(=O)c1ccc(CN(C)C(=O)c2cc(-c3cc(C)oc3C)nc3onc(C)c23)cc1. The van der Waals surface area contributed by atoms with E-state index in [0.29, 0.717) is 45.9 Å². The number of aryl methyl sites for hydroxylation is 3. The minimum absolute atomic E-state index is 0.152. The third kappa shape index (κ3) is 3.87. The number of carbonyl (C=O) groups excluding carboxylic acids is 2. The van der Waals surface area contributed by atoms with Gasteiger partial charge in [0, 0.05) is 31.8 Å². The first-order valence-electron chi connectivity index (χ1n) is 10.2. The number of amides is 2. The van der Waals surface area contributed by atoms with E-state index in [2.05, 4.69) is 15.5 Å². The summed E-state index contributed by atoms with van der Waals surface area (Å²) in [7, 11) is 3.32. The van der Waals surface area contributed by atoms with Crippen molar-refractivity contribution in [3.05, 3.63) is 70.3 Å². The van der Waals surface area contributed by atoms with Gasteiger partial charge in [-0.05, 0) is 50.6 Å². The molecule has 0 aliphatic rings. The Morgan fingerprint density at radius 2 is 1.81 bits per heavy atom. The van der Waals surface area contributed by atoms with E-state index in [1.54, 1.807) is 44.1 Å². The molecule has 2 amide bonds. The summed E-state index contributed by atoms with van der Waals surface area (Å²) in [6, 6.07) is 10.8. The monoisotopic (exact) mass is 432 g/mol. The molecular formula is C24H24N4O4. The number of benzene rings is 1. The van der Waals surface area contributed by atoms with Crippen LogP contribution in [0.15, 0.2) is 45.3 Å². The van der Waals surface area contributed by atoms with Crippen LogP contribution in [0.2, 0.25) is 0 Å². The number of aromatic nitrogens is 2. The van der Waals surface area contributed by atoms with Crippen molar-refractivity contribution < 1.29 is 18.5 Å². The Labute approximate surface area is 185 Å². The van der Waals surface area contributed by atoms with E-state index < -0.39 is 0 Å². The highest BCUT2D eigenvalue weighted by molar-refractivity contribution is 6.07. The summed E-state index contributed by atoms with van der Waals surface area (Å²) in [5, 5.41) is 7.20. The number of pyridine rings is 1. The summed E-state index contributed by atoms with van der Waals surface area (Å²) >= 11 is 0. The zero-order valence-corrected chi connectivity index (χ0v) is 18.6. The van der Waals surface area contributed by atoms with Crippen molar-refractivity contribution in [3.63, 3.8) is 0 Å². The fourth-order valence-electron chi connectivity index (χ4n) is 3.74. The van der Waals surface area contributed by atoms with Crippen LogP contribution in [-0.2, 0) is 6.54 Å². The molecule has 0 atom stereocenters. The smallest absolute Gasteiger partial charge is 0.259 e. The second-order valence-corrected chi connectivity index (χ2v) is 7.77. The molecule has 32 heavy (non-hydrogen) atoms. The fraction of sp³-hybridized carbons (Fsp3) is 0.250. The quantitative estimate of drug-likeness (QED) is 0.511. The van der Waals surface area contributed by atoms with E-state index in [1.165, 1.54) is 0 Å². The van der Waals surface area contributed by atoms with Gasteiger partial charge in [-0.25, -0.2) is 4.98 Å². The van der Waals surface area contributed by atoms with E-state index in [1.807, 2.05) is 32.0 Å². The molecule has 164 valence electrons. The number of nitrogens with one attached hydrogen (secondary N) is 1. The van der Waals surface area contributed by atoms with Crippen LogP contribution < -0.4 is 5.32 Å². The first-order chi connectivity index (χ1) is 15.3. The number of fused-ring (bicyclic) bond motifs is 1. The first kappa shape index (κ1) is 21.3. The minimum Gasteiger partial charge on any atom is -0.466 e. The standard InChI is InChI=1S/C24H24N4O4/c1-13-10-18(15(3)31-13)20-11-19(21-14(2)27-32-23(21)26-20)24(30)28(5)12-16-6-8-17(9-7-16)22(29)25-4/h6-11H,12H2,1-5H3,(H,25,29). The Hall–Kier alpha value is -3.94. The van der Waals surface area contributed by atoms with Crippen molar-refractivity contribution >= 4 is 22.9 Å². The molecule has 0 saturated heterocycles. The lowest BCUT2D eigenvalue weighted by molar-refractivity contribution is 0.0786. The van der Waals surface area contributed by atoms with Crippen molar-refractivity contribution in [3.8, 4) is 11.3 Å². The van der Waals surface area contributed by atoms with Gasteiger partial charge in [0.05, 0.1) is 22.3 Å². The van der Waals surface area contributed by atoms with Gasteiger partial charge in [-0.2, -0.15) is 0 Å². The van der Waals surface area contributed by atoms with Crippen molar-refractivity contribution in [2.24, 2.45) is 0 Å². The van der Waals surface area contributed by atoms with Gasteiger partial charge in [0.2, 0.25) is 0 Å². The van der Waals surface area contributed by atoms with Crippen molar-refractivity contribution in [2.75, 3.05) is 14.1 Å². The number of carbonyl (C=O) groups is 2. The van der Waals surface area contributed by atoms with Crippen LogP contribution >= 0.6 is 0 Å². The maximum atomic E-state index is 13.4. The van der Waals surface area contributed by atoms with Gasteiger partial charge in [0.15, 0.2) is 0 Å². The summed E-state index contributed by atoms with van der Waals surface area (Å²) in [4.78, 5) is 31.4. The lowest BCUT2D eigenvalue weighted by atomic mass is 10.0.